The number of nitrogens with one attached hydrogen (secondary N) is 1. The Bertz CT molecular complexity index is 766. The summed E-state index contributed by atoms with van der Waals surface area (Å²) < 4.78 is 5.11. The molecule has 1 saturated heterocycles. The third kappa shape index (κ3) is 3.16. The van der Waals surface area contributed by atoms with E-state index in [1.165, 1.54) is 29.9 Å². The molecular formula is C17H16N2O4S. The summed E-state index contributed by atoms with van der Waals surface area (Å²) in [5, 5.41) is 10.7. The van der Waals surface area contributed by atoms with Gasteiger partial charge in [0, 0.05) is 5.56 Å². The van der Waals surface area contributed by atoms with Crippen LogP contribution >= 0.6 is 11.8 Å². The van der Waals surface area contributed by atoms with Crippen molar-refractivity contribution in [2.24, 2.45) is 0 Å². The highest BCUT2D eigenvalue weighted by Crippen LogP contribution is 2.40. The molecule has 1 unspecified atom stereocenters. The van der Waals surface area contributed by atoms with Crippen molar-refractivity contribution in [3.63, 3.8) is 0 Å². The van der Waals surface area contributed by atoms with E-state index in [0.717, 1.165) is 5.56 Å². The monoisotopic (exact) mass is 344 g/mol. The van der Waals surface area contributed by atoms with Gasteiger partial charge in [0.25, 0.3) is 11.8 Å². The van der Waals surface area contributed by atoms with E-state index in [0.29, 0.717) is 11.3 Å². The Balaban J connectivity index is 1.83. The van der Waals surface area contributed by atoms with Gasteiger partial charge in [-0.2, -0.15) is 0 Å². The second-order valence-electron chi connectivity index (χ2n) is 5.17. The molecule has 3 rings (SSSR count). The zero-order valence-corrected chi connectivity index (χ0v) is 13.7. The van der Waals surface area contributed by atoms with E-state index in [9.17, 15) is 14.7 Å². The van der Waals surface area contributed by atoms with Crippen molar-refractivity contribution in [1.82, 2.24) is 10.4 Å². The lowest BCUT2D eigenvalue weighted by atomic mass is 10.2. The summed E-state index contributed by atoms with van der Waals surface area (Å²) in [6.07, 6.45) is 0. The second kappa shape index (κ2) is 6.84. The number of aromatic hydroxyl groups is 1. The van der Waals surface area contributed by atoms with Gasteiger partial charge in [-0.1, -0.05) is 24.3 Å². The van der Waals surface area contributed by atoms with Gasteiger partial charge in [0.05, 0.1) is 12.9 Å². The average Bonchev–Trinajstić information content (AvgIpc) is 2.97. The van der Waals surface area contributed by atoms with E-state index < -0.39 is 0 Å². The topological polar surface area (TPSA) is 78.9 Å². The van der Waals surface area contributed by atoms with Crippen molar-refractivity contribution in [3.05, 3.63) is 59.7 Å². The lowest BCUT2D eigenvalue weighted by molar-refractivity contribution is -0.130. The molecule has 0 saturated carbocycles. The third-order valence-corrected chi connectivity index (χ3v) is 4.83. The third-order valence-electron chi connectivity index (χ3n) is 3.61. The highest BCUT2D eigenvalue weighted by Gasteiger charge is 2.34. The van der Waals surface area contributed by atoms with Crippen molar-refractivity contribution < 1.29 is 19.4 Å². The summed E-state index contributed by atoms with van der Waals surface area (Å²) in [6.45, 7) is 0. The quantitative estimate of drug-likeness (QED) is 0.890. The summed E-state index contributed by atoms with van der Waals surface area (Å²) in [5.74, 6) is 0.0869. The van der Waals surface area contributed by atoms with E-state index in [4.69, 9.17) is 4.74 Å². The summed E-state index contributed by atoms with van der Waals surface area (Å²) in [5.41, 5.74) is 3.90. The minimum absolute atomic E-state index is 0.0236. The van der Waals surface area contributed by atoms with Crippen LogP contribution in [0.5, 0.6) is 11.5 Å². The van der Waals surface area contributed by atoms with Crippen molar-refractivity contribution in [2.45, 2.75) is 5.37 Å². The molecule has 1 aliphatic rings. The molecule has 2 aromatic carbocycles. The Morgan fingerprint density at radius 3 is 2.75 bits per heavy atom. The number of hydrogen-bond donors (Lipinski definition) is 2. The van der Waals surface area contributed by atoms with Crippen LogP contribution in [0.1, 0.15) is 21.3 Å². The van der Waals surface area contributed by atoms with Crippen molar-refractivity contribution in [1.29, 1.82) is 0 Å². The van der Waals surface area contributed by atoms with Crippen LogP contribution in [0.2, 0.25) is 0 Å². The Morgan fingerprint density at radius 2 is 2.04 bits per heavy atom. The highest BCUT2D eigenvalue weighted by molar-refractivity contribution is 8.00. The van der Waals surface area contributed by atoms with Gasteiger partial charge in [0.1, 0.15) is 5.37 Å². The Kier molecular flexibility index (Phi) is 4.61. The number of benzene rings is 2. The van der Waals surface area contributed by atoms with Gasteiger partial charge >= 0.3 is 0 Å². The molecule has 2 amide bonds. The maximum Gasteiger partial charge on any atom is 0.269 e. The van der Waals surface area contributed by atoms with Crippen LogP contribution < -0.4 is 10.2 Å². The predicted octanol–water partition coefficient (Wildman–Crippen LogP) is 2.32. The molecule has 24 heavy (non-hydrogen) atoms. The largest absolute Gasteiger partial charge is 0.504 e. The molecule has 124 valence electrons. The number of phenols is 1. The zero-order valence-electron chi connectivity index (χ0n) is 12.9. The first-order valence-electron chi connectivity index (χ1n) is 7.26. The van der Waals surface area contributed by atoms with Crippen LogP contribution in [0.4, 0.5) is 0 Å². The number of methoxy groups -OCH3 is 1. The van der Waals surface area contributed by atoms with E-state index in [1.807, 2.05) is 6.07 Å². The molecule has 1 atom stereocenters. The summed E-state index contributed by atoms with van der Waals surface area (Å²) >= 11 is 1.40. The van der Waals surface area contributed by atoms with Crippen molar-refractivity contribution >= 4 is 23.6 Å². The molecule has 2 aromatic rings. The molecule has 0 aromatic heterocycles. The van der Waals surface area contributed by atoms with E-state index in [2.05, 4.69) is 5.43 Å². The van der Waals surface area contributed by atoms with E-state index in [1.54, 1.807) is 36.4 Å². The second-order valence-corrected chi connectivity index (χ2v) is 6.23. The van der Waals surface area contributed by atoms with E-state index in [-0.39, 0.29) is 28.7 Å². The molecule has 0 spiro atoms. The number of carbonyl (C=O) groups is 2. The van der Waals surface area contributed by atoms with Crippen LogP contribution in [0.3, 0.4) is 0 Å². The van der Waals surface area contributed by atoms with Gasteiger partial charge in [0.2, 0.25) is 0 Å². The molecule has 0 radical (unpaired) electrons. The summed E-state index contributed by atoms with van der Waals surface area (Å²) in [6, 6.07) is 13.6. The first-order chi connectivity index (χ1) is 11.6. The normalized spacial score (nSPS) is 17.0. The molecule has 2 N–H and O–H groups in total. The number of hydrogen-bond acceptors (Lipinski definition) is 5. The van der Waals surface area contributed by atoms with Crippen LogP contribution in [-0.4, -0.2) is 34.8 Å². The first-order valence-corrected chi connectivity index (χ1v) is 8.31. The Morgan fingerprint density at radius 1 is 1.29 bits per heavy atom. The maximum atomic E-state index is 12.3. The molecule has 1 aliphatic heterocycles. The number of nitrogens with zero attached hydrogens (tertiary/aromatic N) is 1. The molecular weight excluding hydrogens is 328 g/mol. The van der Waals surface area contributed by atoms with Crippen molar-refractivity contribution in [3.8, 4) is 11.5 Å². The van der Waals surface area contributed by atoms with Crippen LogP contribution in [0.15, 0.2) is 48.5 Å². The molecule has 0 bridgehead atoms. The zero-order chi connectivity index (χ0) is 17.1. The fraction of sp³-hybridized carbons (Fsp3) is 0.176. The minimum atomic E-state index is -0.375. The standard InChI is InChI=1S/C17H16N2O4S/c1-23-14-9-12(7-8-13(14)20)17-19(15(21)10-24-17)18-16(22)11-5-3-2-4-6-11/h2-9,17,20H,10H2,1H3,(H,18,22). The number of carbonyl (C=O) groups excluding carboxylic acids is 2. The number of amides is 2. The van der Waals surface area contributed by atoms with Gasteiger partial charge < -0.3 is 9.84 Å². The number of ether oxygens (including phenoxy) is 1. The smallest absolute Gasteiger partial charge is 0.269 e. The van der Waals surface area contributed by atoms with E-state index >= 15 is 0 Å². The fourth-order valence-corrected chi connectivity index (χ4v) is 3.50. The number of rotatable bonds is 4. The highest BCUT2D eigenvalue weighted by atomic mass is 32.2. The summed E-state index contributed by atoms with van der Waals surface area (Å²) in [7, 11) is 1.46. The maximum absolute atomic E-state index is 12.3. The first kappa shape index (κ1) is 16.2. The molecule has 0 aliphatic carbocycles. The average molecular weight is 344 g/mol. The van der Waals surface area contributed by atoms with Crippen LogP contribution in [0.25, 0.3) is 0 Å². The predicted molar refractivity (Wildman–Crippen MR) is 90.6 cm³/mol. The number of hydrazine groups is 1. The lowest BCUT2D eigenvalue weighted by Gasteiger charge is -2.25. The molecule has 6 nitrogen and oxygen atoms in total. The molecule has 7 heteroatoms. The molecule has 1 heterocycles. The van der Waals surface area contributed by atoms with Crippen LogP contribution in [-0.2, 0) is 4.79 Å². The van der Waals surface area contributed by atoms with Gasteiger partial charge in [-0.15, -0.1) is 11.8 Å². The Hall–Kier alpha value is -2.67. The van der Waals surface area contributed by atoms with Crippen molar-refractivity contribution in [2.75, 3.05) is 12.9 Å². The number of thioether (sulfide) groups is 1. The van der Waals surface area contributed by atoms with Gasteiger partial charge in [-0.05, 0) is 29.8 Å². The summed E-state index contributed by atoms with van der Waals surface area (Å²) in [4.78, 5) is 24.5. The molecule has 1 fully saturated rings. The van der Waals surface area contributed by atoms with Crippen LogP contribution in [0, 0.1) is 0 Å². The van der Waals surface area contributed by atoms with Gasteiger partial charge in [-0.3, -0.25) is 15.0 Å². The fourth-order valence-electron chi connectivity index (χ4n) is 2.40. The SMILES string of the molecule is COc1cc(C2SCC(=O)N2NC(=O)c2ccccc2)ccc1O. The Labute approximate surface area is 143 Å². The van der Waals surface area contributed by atoms with Gasteiger partial charge in [0.15, 0.2) is 11.5 Å². The minimum Gasteiger partial charge on any atom is -0.504 e. The number of phenolic OH excluding ortho intramolecular Hbond substituents is 1. The van der Waals surface area contributed by atoms with Gasteiger partial charge in [-0.25, -0.2) is 5.01 Å². The lowest BCUT2D eigenvalue weighted by Crippen LogP contribution is -2.44.